The number of aliphatic hydroxyl groups excluding tert-OH is 1. The number of amides is 2. The minimum Gasteiger partial charge on any atom is -0.494 e. The first-order chi connectivity index (χ1) is 42.1. The van der Waals surface area contributed by atoms with Gasteiger partial charge in [0, 0.05) is 123 Å². The quantitative estimate of drug-likeness (QED) is 0.0358. The average Bonchev–Trinajstić information content (AvgIpc) is 1.44. The number of ether oxygens (including phenoxy) is 6. The number of aromatic nitrogens is 1. The number of pyridine rings is 1. The molecule has 27 heteroatoms. The van der Waals surface area contributed by atoms with E-state index in [2.05, 4.69) is 20.9 Å². The Morgan fingerprint density at radius 2 is 1.23 bits per heavy atom. The molecular formula is C60H93F3N10O14. The summed E-state index contributed by atoms with van der Waals surface area (Å²) in [6, 6.07) is 15.1. The number of halogens is 3. The molecule has 0 aliphatic carbocycles. The molecule has 2 fully saturated rings. The molecular weight excluding hydrogens is 1140 g/mol. The van der Waals surface area contributed by atoms with E-state index in [0.29, 0.717) is 144 Å². The predicted molar refractivity (Wildman–Crippen MR) is 322 cm³/mol. The molecule has 2 aliphatic heterocycles. The summed E-state index contributed by atoms with van der Waals surface area (Å²) in [6.07, 6.45) is -2.49. The average molecular weight is 1240 g/mol. The number of piperazine rings is 1. The topological polar surface area (TPSA) is 270 Å². The molecule has 2 saturated heterocycles. The van der Waals surface area contributed by atoms with Gasteiger partial charge in [0.1, 0.15) is 17.8 Å². The van der Waals surface area contributed by atoms with Gasteiger partial charge in [-0.05, 0) is 75.7 Å². The van der Waals surface area contributed by atoms with E-state index >= 15 is 0 Å². The molecule has 1 aromatic heterocycles. The first-order valence-corrected chi connectivity index (χ1v) is 30.0. The molecule has 2 aromatic carbocycles. The van der Waals surface area contributed by atoms with E-state index in [1.807, 2.05) is 60.0 Å². The summed E-state index contributed by atoms with van der Waals surface area (Å²) < 4.78 is 76.6. The van der Waals surface area contributed by atoms with Crippen LogP contribution in [0.1, 0.15) is 55.2 Å². The summed E-state index contributed by atoms with van der Waals surface area (Å²) >= 11 is 0. The van der Waals surface area contributed by atoms with Gasteiger partial charge in [0.2, 0.25) is 5.91 Å². The van der Waals surface area contributed by atoms with Crippen LogP contribution in [-0.4, -0.2) is 278 Å². The van der Waals surface area contributed by atoms with E-state index in [1.54, 1.807) is 16.7 Å². The van der Waals surface area contributed by atoms with Crippen molar-refractivity contribution in [3.63, 3.8) is 0 Å². The Hall–Kier alpha value is -6.11. The summed E-state index contributed by atoms with van der Waals surface area (Å²) in [5.41, 5.74) is 1.88. The number of carboxylic acid groups (broad SMARTS) is 2. The molecule has 0 spiro atoms. The fourth-order valence-corrected chi connectivity index (χ4v) is 9.89. The lowest BCUT2D eigenvalue weighted by atomic mass is 10.0. The number of benzene rings is 2. The van der Waals surface area contributed by atoms with Gasteiger partial charge < -0.3 is 74.3 Å². The highest BCUT2D eigenvalue weighted by Gasteiger charge is 2.39. The summed E-state index contributed by atoms with van der Waals surface area (Å²) in [6.45, 7) is 16.3. The number of rotatable bonds is 37. The number of anilines is 1. The molecule has 24 nitrogen and oxygen atoms in total. The first kappa shape index (κ1) is 73.4. The molecule has 3 aromatic rings. The lowest BCUT2D eigenvalue weighted by Crippen LogP contribution is -2.55. The summed E-state index contributed by atoms with van der Waals surface area (Å²) in [7, 11) is 1.00. The molecule has 6 N–H and O–H groups in total. The van der Waals surface area contributed by atoms with Gasteiger partial charge in [-0.1, -0.05) is 19.1 Å². The minimum absolute atomic E-state index is 0.0591. The Balaban J connectivity index is 0.00000801. The van der Waals surface area contributed by atoms with E-state index in [-0.39, 0.29) is 70.2 Å². The molecule has 488 valence electrons. The molecule has 0 bridgehead atoms. The van der Waals surface area contributed by atoms with Crippen LogP contribution in [0.15, 0.2) is 54.6 Å². The second kappa shape index (κ2) is 41.9. The molecule has 1 atom stereocenters. The lowest BCUT2D eigenvalue weighted by molar-refractivity contribution is -0.140. The van der Waals surface area contributed by atoms with Gasteiger partial charge in [-0.2, -0.15) is 13.2 Å². The lowest BCUT2D eigenvalue weighted by Gasteiger charge is -2.43. The zero-order chi connectivity index (χ0) is 63.2. The number of aldehydes is 1. The second-order valence-corrected chi connectivity index (χ2v) is 20.4. The third kappa shape index (κ3) is 27.4. The van der Waals surface area contributed by atoms with Gasteiger partial charge in [-0.25, -0.2) is 4.98 Å². The molecule has 2 amide bonds. The monoisotopic (exact) mass is 1230 g/mol. The van der Waals surface area contributed by atoms with Gasteiger partial charge >= 0.3 is 18.1 Å². The van der Waals surface area contributed by atoms with E-state index < -0.39 is 35.1 Å². The zero-order valence-electron chi connectivity index (χ0n) is 51.1. The Kier molecular flexibility index (Phi) is 35.4. The van der Waals surface area contributed by atoms with Gasteiger partial charge in [-0.3, -0.25) is 38.8 Å². The number of aliphatic carboxylic acids is 2. The second-order valence-electron chi connectivity index (χ2n) is 20.4. The van der Waals surface area contributed by atoms with Gasteiger partial charge in [-0.15, -0.1) is 0 Å². The van der Waals surface area contributed by atoms with Crippen molar-refractivity contribution >= 4 is 35.7 Å². The Bertz CT molecular complexity index is 2490. The molecule has 1 unspecified atom stereocenters. The number of nitrogens with zero attached hydrogens (tertiary/aromatic N) is 7. The molecule has 0 radical (unpaired) electrons. The molecule has 3 heterocycles. The van der Waals surface area contributed by atoms with Gasteiger partial charge in [0.25, 0.3) is 5.91 Å². The highest BCUT2D eigenvalue weighted by molar-refractivity contribution is 5.96. The van der Waals surface area contributed by atoms with Crippen LogP contribution in [0.2, 0.25) is 0 Å². The van der Waals surface area contributed by atoms with Crippen molar-refractivity contribution in [3.8, 4) is 22.8 Å². The van der Waals surface area contributed by atoms with Crippen molar-refractivity contribution in [2.75, 3.05) is 202 Å². The van der Waals surface area contributed by atoms with Crippen molar-refractivity contribution in [3.05, 3.63) is 71.4 Å². The fourth-order valence-electron chi connectivity index (χ4n) is 9.89. The number of carbonyl (C=O) groups is 5. The standard InChI is InChI=1S/C59H89F3N10O13.CH4O/c1-4-46-42-71(58(79)48-13-12-47(84-5-2)40-50(48)59(60,61)62)28-29-72(46)53-15-14-51(49-10-7-8-11-54(49)85-6-3)66-52(53)41-64-18-17-63-16-9-32-80-34-36-82-38-39-83-37-35-81-33-19-65-55(74)43-68-22-20-67(30-31-73)21-23-69(44-56(75)76)26-27-70(25-24-68)45-57(77)78;1-2/h7-8,10-15,31,40,46,63-64H,4-6,9,16-30,32-39,41-45H2,1-3H3,(H,65,74)(H,75,76)(H,77,78);2H,1H3. The number of hydrogen-bond acceptors (Lipinski definition) is 20. The molecule has 0 saturated carbocycles. The van der Waals surface area contributed by atoms with Crippen LogP contribution >= 0.6 is 0 Å². The fraction of sp³-hybridized carbons (Fsp3) is 0.633. The summed E-state index contributed by atoms with van der Waals surface area (Å²) in [4.78, 5) is 77.2. The normalized spacial score (nSPS) is 16.1. The predicted octanol–water partition coefficient (Wildman–Crippen LogP) is 2.76. The summed E-state index contributed by atoms with van der Waals surface area (Å²) in [5.74, 6) is -2.08. The van der Waals surface area contributed by atoms with Crippen LogP contribution in [-0.2, 0) is 50.8 Å². The third-order valence-electron chi connectivity index (χ3n) is 14.2. The molecule has 5 rings (SSSR count). The van der Waals surface area contributed by atoms with Crippen molar-refractivity contribution in [1.82, 2.24) is 45.4 Å². The first-order valence-electron chi connectivity index (χ1n) is 30.0. The van der Waals surface area contributed by atoms with Crippen LogP contribution in [0, 0.1) is 0 Å². The van der Waals surface area contributed by atoms with Crippen molar-refractivity contribution in [2.24, 2.45) is 0 Å². The number of carbonyl (C=O) groups excluding carboxylic acids is 3. The zero-order valence-corrected chi connectivity index (χ0v) is 51.1. The maximum absolute atomic E-state index is 14.2. The van der Waals surface area contributed by atoms with Crippen LogP contribution in [0.5, 0.6) is 11.5 Å². The van der Waals surface area contributed by atoms with Crippen molar-refractivity contribution < 1.29 is 80.9 Å². The van der Waals surface area contributed by atoms with E-state index in [1.165, 1.54) is 17.0 Å². The maximum atomic E-state index is 14.2. The summed E-state index contributed by atoms with van der Waals surface area (Å²) in [5, 5.41) is 35.7. The van der Waals surface area contributed by atoms with Crippen LogP contribution < -0.4 is 30.3 Å². The number of aliphatic hydroxyl groups is 1. The number of carboxylic acids is 2. The van der Waals surface area contributed by atoms with Gasteiger partial charge in [0.05, 0.1) is 114 Å². The Labute approximate surface area is 509 Å². The third-order valence-corrected chi connectivity index (χ3v) is 14.2. The number of nitrogens with one attached hydrogen (secondary N) is 3. The largest absolute Gasteiger partial charge is 0.494 e. The maximum Gasteiger partial charge on any atom is 0.417 e. The van der Waals surface area contributed by atoms with E-state index in [9.17, 15) is 47.4 Å². The highest BCUT2D eigenvalue weighted by atomic mass is 19.4. The van der Waals surface area contributed by atoms with E-state index in [4.69, 9.17) is 38.5 Å². The minimum atomic E-state index is -4.74. The van der Waals surface area contributed by atoms with Crippen LogP contribution in [0.3, 0.4) is 0 Å². The number of para-hydroxylation sites is 1. The van der Waals surface area contributed by atoms with E-state index in [0.717, 1.165) is 60.8 Å². The Morgan fingerprint density at radius 3 is 1.82 bits per heavy atom. The van der Waals surface area contributed by atoms with Crippen LogP contribution in [0.4, 0.5) is 18.9 Å². The van der Waals surface area contributed by atoms with Crippen molar-refractivity contribution in [2.45, 2.75) is 52.4 Å². The molecule has 2 aliphatic rings. The highest BCUT2D eigenvalue weighted by Crippen LogP contribution is 2.37. The van der Waals surface area contributed by atoms with Crippen molar-refractivity contribution in [1.29, 1.82) is 0 Å². The smallest absolute Gasteiger partial charge is 0.417 e. The number of alkyl halides is 3. The molecule has 87 heavy (non-hydrogen) atoms. The number of hydrogen-bond donors (Lipinski definition) is 6. The SMILES string of the molecule is CCOc1ccc(C(=O)N2CCN(c3ccc(-c4ccccc4OCC)nc3CNCCNCCCOCCOCCOCCOCCNC(=O)CN3CCN(CC=O)CCN(CC(=O)O)CCN(CC(=O)O)CC3)C(CC)C2)c(C(F)(F)F)c1.CO. The van der Waals surface area contributed by atoms with Crippen LogP contribution in [0.25, 0.3) is 11.3 Å². The Morgan fingerprint density at radius 1 is 0.655 bits per heavy atom. The van der Waals surface area contributed by atoms with Gasteiger partial charge in [0.15, 0.2) is 0 Å².